The maximum atomic E-state index is 11.0. The molecule has 98 valence electrons. The first kappa shape index (κ1) is 13.0. The molecule has 2 rings (SSSR count). The fraction of sp³-hybridized carbons (Fsp3) is 0.0833. The molecule has 2 aromatic rings. The number of guanidine groups is 1. The van der Waals surface area contributed by atoms with Crippen molar-refractivity contribution in [1.29, 1.82) is 0 Å². The highest BCUT2D eigenvalue weighted by Crippen LogP contribution is 2.34. The zero-order chi connectivity index (χ0) is 14.0. The molecule has 0 aliphatic carbocycles. The third-order valence-corrected chi connectivity index (χ3v) is 3.48. The number of aliphatic imine (C=N–C) groups is 1. The van der Waals surface area contributed by atoms with Gasteiger partial charge < -0.3 is 16.6 Å². The lowest BCUT2D eigenvalue weighted by Crippen LogP contribution is -2.21. The van der Waals surface area contributed by atoms with Crippen molar-refractivity contribution < 1.29 is 9.90 Å². The van der Waals surface area contributed by atoms with Gasteiger partial charge in [-0.2, -0.15) is 4.99 Å². The molecule has 1 heterocycles. The minimum atomic E-state index is -0.964. The van der Waals surface area contributed by atoms with Crippen LogP contribution in [0.15, 0.2) is 29.3 Å². The minimum absolute atomic E-state index is 0.0559. The summed E-state index contributed by atoms with van der Waals surface area (Å²) in [5.74, 6) is -1.02. The van der Waals surface area contributed by atoms with Gasteiger partial charge in [-0.25, -0.2) is 9.78 Å². The molecule has 0 saturated carbocycles. The van der Waals surface area contributed by atoms with Crippen LogP contribution >= 0.6 is 11.3 Å². The Morgan fingerprint density at radius 3 is 2.79 bits per heavy atom. The predicted octanol–water partition coefficient (Wildman–Crippen LogP) is 1.72. The van der Waals surface area contributed by atoms with Gasteiger partial charge in [0.15, 0.2) is 5.96 Å². The first-order valence-electron chi connectivity index (χ1n) is 5.38. The Morgan fingerprint density at radius 2 is 2.16 bits per heavy atom. The molecule has 0 aliphatic heterocycles. The summed E-state index contributed by atoms with van der Waals surface area (Å²) < 4.78 is 0. The highest BCUT2D eigenvalue weighted by atomic mass is 32.1. The zero-order valence-electron chi connectivity index (χ0n) is 10.1. The van der Waals surface area contributed by atoms with E-state index >= 15 is 0 Å². The molecule has 5 N–H and O–H groups in total. The SMILES string of the molecule is Cc1nc(N=C(N)N)sc1-c1cccc(C(=O)O)c1. The number of thiazole rings is 1. The summed E-state index contributed by atoms with van der Waals surface area (Å²) in [6, 6.07) is 6.66. The van der Waals surface area contributed by atoms with Crippen LogP contribution in [0.3, 0.4) is 0 Å². The van der Waals surface area contributed by atoms with Gasteiger partial charge in [-0.15, -0.1) is 0 Å². The molecule has 0 radical (unpaired) electrons. The summed E-state index contributed by atoms with van der Waals surface area (Å²) >= 11 is 1.31. The molecule has 1 aromatic heterocycles. The average molecular weight is 276 g/mol. The molecule has 0 aliphatic rings. The van der Waals surface area contributed by atoms with Gasteiger partial charge in [0.2, 0.25) is 5.13 Å². The lowest BCUT2D eigenvalue weighted by Gasteiger charge is -2.00. The van der Waals surface area contributed by atoms with E-state index in [2.05, 4.69) is 9.98 Å². The summed E-state index contributed by atoms with van der Waals surface area (Å²) in [7, 11) is 0. The van der Waals surface area contributed by atoms with Gasteiger partial charge in [0.05, 0.1) is 16.1 Å². The molecule has 0 spiro atoms. The predicted molar refractivity (Wildman–Crippen MR) is 74.7 cm³/mol. The number of benzene rings is 1. The summed E-state index contributed by atoms with van der Waals surface area (Å²) in [5, 5.41) is 9.43. The highest BCUT2D eigenvalue weighted by molar-refractivity contribution is 7.18. The number of nitrogens with zero attached hydrogens (tertiary/aromatic N) is 2. The number of carbonyl (C=O) groups is 1. The molecule has 0 fully saturated rings. The molecular formula is C12H12N4O2S. The highest BCUT2D eigenvalue weighted by Gasteiger charge is 2.11. The average Bonchev–Trinajstić information content (AvgIpc) is 2.69. The van der Waals surface area contributed by atoms with Crippen LogP contribution in [0.5, 0.6) is 0 Å². The quantitative estimate of drug-likeness (QED) is 0.583. The number of carboxylic acid groups (broad SMARTS) is 1. The molecule has 1 aromatic carbocycles. The van der Waals surface area contributed by atoms with E-state index in [0.29, 0.717) is 5.13 Å². The van der Waals surface area contributed by atoms with Crippen molar-refractivity contribution in [1.82, 2.24) is 4.98 Å². The summed E-state index contributed by atoms with van der Waals surface area (Å²) in [4.78, 5) is 19.9. The molecule has 0 bridgehead atoms. The molecule has 0 amide bonds. The number of rotatable bonds is 3. The van der Waals surface area contributed by atoms with Crippen LogP contribution in [0, 0.1) is 6.92 Å². The number of aromatic carboxylic acids is 1. The lowest BCUT2D eigenvalue weighted by atomic mass is 10.1. The van der Waals surface area contributed by atoms with E-state index in [1.807, 2.05) is 13.0 Å². The Morgan fingerprint density at radius 1 is 1.42 bits per heavy atom. The summed E-state index contributed by atoms with van der Waals surface area (Å²) in [6.07, 6.45) is 0. The van der Waals surface area contributed by atoms with Crippen molar-refractivity contribution in [2.24, 2.45) is 16.5 Å². The van der Waals surface area contributed by atoms with E-state index in [-0.39, 0.29) is 11.5 Å². The van der Waals surface area contributed by atoms with Crippen LogP contribution in [0.4, 0.5) is 5.13 Å². The van der Waals surface area contributed by atoms with E-state index in [9.17, 15) is 4.79 Å². The molecule has 0 unspecified atom stereocenters. The smallest absolute Gasteiger partial charge is 0.335 e. The van der Waals surface area contributed by atoms with Crippen LogP contribution in [-0.2, 0) is 0 Å². The van der Waals surface area contributed by atoms with E-state index in [1.165, 1.54) is 11.3 Å². The van der Waals surface area contributed by atoms with Gasteiger partial charge in [-0.1, -0.05) is 23.5 Å². The van der Waals surface area contributed by atoms with Gasteiger partial charge in [0.25, 0.3) is 0 Å². The van der Waals surface area contributed by atoms with Crippen molar-refractivity contribution in [2.45, 2.75) is 6.92 Å². The largest absolute Gasteiger partial charge is 0.478 e. The first-order valence-corrected chi connectivity index (χ1v) is 6.20. The fourth-order valence-electron chi connectivity index (χ4n) is 1.60. The Labute approximate surface area is 113 Å². The van der Waals surface area contributed by atoms with Crippen LogP contribution in [0.2, 0.25) is 0 Å². The van der Waals surface area contributed by atoms with E-state index in [4.69, 9.17) is 16.6 Å². The van der Waals surface area contributed by atoms with Crippen LogP contribution in [0.25, 0.3) is 10.4 Å². The monoisotopic (exact) mass is 276 g/mol. The van der Waals surface area contributed by atoms with Crippen LogP contribution in [0.1, 0.15) is 16.1 Å². The fourth-order valence-corrected chi connectivity index (χ4v) is 2.56. The minimum Gasteiger partial charge on any atom is -0.478 e. The van der Waals surface area contributed by atoms with Gasteiger partial charge in [-0.05, 0) is 24.6 Å². The van der Waals surface area contributed by atoms with Gasteiger partial charge in [-0.3, -0.25) is 0 Å². The van der Waals surface area contributed by atoms with Gasteiger partial charge >= 0.3 is 5.97 Å². The Kier molecular flexibility index (Phi) is 3.48. The van der Waals surface area contributed by atoms with Crippen LogP contribution < -0.4 is 11.5 Å². The summed E-state index contributed by atoms with van der Waals surface area (Å²) in [6.45, 7) is 1.82. The maximum Gasteiger partial charge on any atom is 0.335 e. The number of nitrogens with two attached hydrogens (primary N) is 2. The van der Waals surface area contributed by atoms with Crippen molar-refractivity contribution in [3.05, 3.63) is 35.5 Å². The number of hydrogen-bond acceptors (Lipinski definition) is 4. The second-order valence-electron chi connectivity index (χ2n) is 3.83. The van der Waals surface area contributed by atoms with Gasteiger partial charge in [0.1, 0.15) is 0 Å². The second-order valence-corrected chi connectivity index (χ2v) is 4.81. The van der Waals surface area contributed by atoms with Crippen molar-refractivity contribution in [2.75, 3.05) is 0 Å². The topological polar surface area (TPSA) is 115 Å². The van der Waals surface area contributed by atoms with Gasteiger partial charge in [0, 0.05) is 0 Å². The molecular weight excluding hydrogens is 264 g/mol. The molecule has 6 nitrogen and oxygen atoms in total. The first-order chi connectivity index (χ1) is 8.97. The van der Waals surface area contributed by atoms with E-state index in [1.54, 1.807) is 18.2 Å². The maximum absolute atomic E-state index is 11.0. The van der Waals surface area contributed by atoms with E-state index in [0.717, 1.165) is 16.1 Å². The van der Waals surface area contributed by atoms with E-state index < -0.39 is 5.97 Å². The van der Waals surface area contributed by atoms with Crippen LogP contribution in [-0.4, -0.2) is 22.0 Å². The molecule has 0 atom stereocenters. The number of carboxylic acids is 1. The molecule has 7 heteroatoms. The standard InChI is InChI=1S/C12H12N4O2S/c1-6-9(19-12(15-6)16-11(13)14)7-3-2-4-8(5-7)10(17)18/h2-5H,1H3,(H,17,18)(H4,13,14,15,16). The normalized spacial score (nSPS) is 10.2. The lowest BCUT2D eigenvalue weighted by molar-refractivity contribution is 0.0697. The third kappa shape index (κ3) is 2.89. The molecule has 0 saturated heterocycles. The number of aryl methyl sites for hydroxylation is 1. The Hall–Kier alpha value is -2.41. The van der Waals surface area contributed by atoms with Crippen molar-refractivity contribution >= 4 is 28.4 Å². The Balaban J connectivity index is 2.47. The third-order valence-electron chi connectivity index (χ3n) is 2.38. The zero-order valence-corrected chi connectivity index (χ0v) is 10.9. The van der Waals surface area contributed by atoms with Crippen molar-refractivity contribution in [3.8, 4) is 10.4 Å². The second kappa shape index (κ2) is 5.07. The Bertz CT molecular complexity index is 659. The number of aromatic nitrogens is 1. The molecule has 19 heavy (non-hydrogen) atoms. The summed E-state index contributed by atoms with van der Waals surface area (Å²) in [5.41, 5.74) is 12.4. The van der Waals surface area contributed by atoms with Crippen molar-refractivity contribution in [3.63, 3.8) is 0 Å². The number of hydrogen-bond donors (Lipinski definition) is 3.